The number of anilines is 2. The van der Waals surface area contributed by atoms with Gasteiger partial charge in [0.2, 0.25) is 5.95 Å². The second kappa shape index (κ2) is 16.9. The molecule has 0 saturated carbocycles. The lowest BCUT2D eigenvalue weighted by Crippen LogP contribution is -2.38. The lowest BCUT2D eigenvalue weighted by Gasteiger charge is -2.33. The summed E-state index contributed by atoms with van der Waals surface area (Å²) < 4.78 is 30.8. The van der Waals surface area contributed by atoms with Crippen molar-refractivity contribution in [2.45, 2.75) is 83.4 Å². The van der Waals surface area contributed by atoms with Gasteiger partial charge >= 0.3 is 6.03 Å². The Balaban J connectivity index is 0.00000253. The number of hydrogen-bond acceptors (Lipinski definition) is 9. The minimum Gasteiger partial charge on any atom is -0.489 e. The molecule has 2 amide bonds. The van der Waals surface area contributed by atoms with Crippen molar-refractivity contribution in [2.24, 2.45) is 0 Å². The first-order valence-corrected chi connectivity index (χ1v) is 18.9. The van der Waals surface area contributed by atoms with Gasteiger partial charge in [-0.25, -0.2) is 13.9 Å². The number of carbonyl (C=O) groups is 2. The number of carbonyl (C=O) groups excluding carboxylic acids is 2. The Bertz CT molecular complexity index is 2090. The van der Waals surface area contributed by atoms with E-state index < -0.39 is 5.82 Å². The van der Waals surface area contributed by atoms with Crippen LogP contribution in [0.1, 0.15) is 88.8 Å². The molecule has 3 aromatic heterocycles. The summed E-state index contributed by atoms with van der Waals surface area (Å²) in [6.45, 7) is 12.3. The Morgan fingerprint density at radius 2 is 1.78 bits per heavy atom. The molecule has 0 spiro atoms. The van der Waals surface area contributed by atoms with Crippen LogP contribution in [0.5, 0.6) is 11.5 Å². The first-order chi connectivity index (χ1) is 26.4. The van der Waals surface area contributed by atoms with Gasteiger partial charge in [-0.1, -0.05) is 45.0 Å². The average Bonchev–Trinajstić information content (AvgIpc) is 3.79. The topological polar surface area (TPSA) is 131 Å². The Labute approximate surface area is 321 Å². The smallest absolute Gasteiger partial charge is 0.320 e. The summed E-state index contributed by atoms with van der Waals surface area (Å²) in [7, 11) is 3.86. The predicted octanol–water partition coefficient (Wildman–Crippen LogP) is 7.26. The quantitative estimate of drug-likeness (QED) is 0.151. The van der Waals surface area contributed by atoms with Crippen LogP contribution in [-0.4, -0.2) is 81.9 Å². The Hall–Kier alpha value is -5.50. The SMILES string of the molecule is C=O.C[C@H]1CCCCN1c1nnc2ccc(O[C@@H]3CC[C@H](NC(=O)Nc4cc(C(C)(C)C)nn4-c4ccc(F)c(OCCN(C)C)c4)c4ccccc43)cn12. The molecular formula is C41H52FN9O4. The monoisotopic (exact) mass is 753 g/mol. The highest BCUT2D eigenvalue weighted by atomic mass is 19.1. The molecule has 0 bridgehead atoms. The lowest BCUT2D eigenvalue weighted by atomic mass is 9.85. The number of amides is 2. The van der Waals surface area contributed by atoms with Crippen LogP contribution in [-0.2, 0) is 10.2 Å². The van der Waals surface area contributed by atoms with Gasteiger partial charge in [0, 0.05) is 36.7 Å². The van der Waals surface area contributed by atoms with Gasteiger partial charge in [-0.3, -0.25) is 9.72 Å². The normalized spacial score (nSPS) is 18.3. The van der Waals surface area contributed by atoms with Crippen molar-refractivity contribution in [3.8, 4) is 17.2 Å². The molecule has 4 heterocycles. The Morgan fingerprint density at radius 3 is 2.53 bits per heavy atom. The van der Waals surface area contributed by atoms with E-state index in [9.17, 15) is 9.18 Å². The van der Waals surface area contributed by atoms with E-state index in [0.29, 0.717) is 43.5 Å². The number of aromatic nitrogens is 5. The van der Waals surface area contributed by atoms with Crippen molar-refractivity contribution in [1.82, 2.24) is 34.6 Å². The van der Waals surface area contributed by atoms with Crippen molar-refractivity contribution in [3.63, 3.8) is 0 Å². The van der Waals surface area contributed by atoms with Gasteiger partial charge in [-0.15, -0.1) is 10.2 Å². The number of nitrogens with one attached hydrogen (secondary N) is 2. The van der Waals surface area contributed by atoms with Gasteiger partial charge in [-0.2, -0.15) is 5.10 Å². The first-order valence-electron chi connectivity index (χ1n) is 18.9. The molecule has 2 N–H and O–H groups in total. The van der Waals surface area contributed by atoms with Gasteiger partial charge in [-0.05, 0) is 88.5 Å². The molecule has 0 unspecified atom stereocenters. The molecular weight excluding hydrogens is 702 g/mol. The average molecular weight is 754 g/mol. The maximum Gasteiger partial charge on any atom is 0.320 e. The molecule has 14 heteroatoms. The number of pyridine rings is 1. The fraction of sp³-hybridized carbons (Fsp3) is 0.439. The van der Waals surface area contributed by atoms with E-state index in [-0.39, 0.29) is 29.3 Å². The van der Waals surface area contributed by atoms with E-state index in [4.69, 9.17) is 19.4 Å². The zero-order valence-electron chi connectivity index (χ0n) is 32.6. The van der Waals surface area contributed by atoms with Gasteiger partial charge in [0.15, 0.2) is 17.2 Å². The van der Waals surface area contributed by atoms with Crippen molar-refractivity contribution in [2.75, 3.05) is 44.0 Å². The minimum atomic E-state index is -0.461. The number of halogens is 1. The van der Waals surface area contributed by atoms with Crippen molar-refractivity contribution in [1.29, 1.82) is 0 Å². The van der Waals surface area contributed by atoms with Crippen LogP contribution in [0.2, 0.25) is 0 Å². The van der Waals surface area contributed by atoms with Crippen LogP contribution in [0.4, 0.5) is 21.0 Å². The molecule has 13 nitrogen and oxygen atoms in total. The molecule has 55 heavy (non-hydrogen) atoms. The van der Waals surface area contributed by atoms with Gasteiger partial charge in [0.1, 0.15) is 31.1 Å². The fourth-order valence-electron chi connectivity index (χ4n) is 7.12. The molecule has 2 aliphatic rings. The van der Waals surface area contributed by atoms with E-state index in [2.05, 4.69) is 59.5 Å². The Kier molecular flexibility index (Phi) is 12.0. The number of rotatable bonds is 10. The molecule has 1 aliphatic carbocycles. The molecule has 7 rings (SSSR count). The van der Waals surface area contributed by atoms with Gasteiger partial charge in [0.25, 0.3) is 0 Å². The van der Waals surface area contributed by atoms with Crippen LogP contribution in [0, 0.1) is 5.82 Å². The number of ether oxygens (including phenoxy) is 2. The van der Waals surface area contributed by atoms with E-state index in [1.165, 1.54) is 12.5 Å². The van der Waals surface area contributed by atoms with Gasteiger partial charge < -0.3 is 29.4 Å². The maximum absolute atomic E-state index is 14.7. The second-order valence-electron chi connectivity index (χ2n) is 15.4. The third-order valence-corrected chi connectivity index (χ3v) is 10.1. The summed E-state index contributed by atoms with van der Waals surface area (Å²) in [6, 6.07) is 18.3. The predicted molar refractivity (Wildman–Crippen MR) is 211 cm³/mol. The number of hydrogen-bond donors (Lipinski definition) is 2. The van der Waals surface area contributed by atoms with E-state index in [1.807, 2.05) is 72.8 Å². The highest BCUT2D eigenvalue weighted by molar-refractivity contribution is 5.89. The third-order valence-electron chi connectivity index (χ3n) is 10.1. The zero-order chi connectivity index (χ0) is 39.3. The van der Waals surface area contributed by atoms with Crippen LogP contribution in [0.15, 0.2) is 66.9 Å². The fourth-order valence-corrected chi connectivity index (χ4v) is 7.12. The van der Waals surface area contributed by atoms with E-state index in [1.54, 1.807) is 16.8 Å². The number of piperidine rings is 1. The number of likely N-dealkylation sites (N-methyl/N-ethyl adjacent to an activating group) is 1. The maximum atomic E-state index is 14.7. The summed E-state index contributed by atoms with van der Waals surface area (Å²) in [5.41, 5.74) is 3.88. The third kappa shape index (κ3) is 8.91. The van der Waals surface area contributed by atoms with Gasteiger partial charge in [0.05, 0.1) is 23.6 Å². The molecule has 1 fully saturated rings. The lowest BCUT2D eigenvalue weighted by molar-refractivity contribution is -0.0980. The molecule has 0 radical (unpaired) electrons. The Morgan fingerprint density at radius 1 is 1.00 bits per heavy atom. The first kappa shape index (κ1) is 39.2. The summed E-state index contributed by atoms with van der Waals surface area (Å²) in [4.78, 5) is 26.0. The molecule has 3 atom stereocenters. The van der Waals surface area contributed by atoms with E-state index >= 15 is 0 Å². The summed E-state index contributed by atoms with van der Waals surface area (Å²) in [6.07, 6.45) is 6.69. The summed E-state index contributed by atoms with van der Waals surface area (Å²) in [5.74, 6) is 1.72. The number of fused-ring (bicyclic) bond motifs is 2. The number of benzene rings is 2. The van der Waals surface area contributed by atoms with Crippen LogP contribution < -0.4 is 25.0 Å². The largest absolute Gasteiger partial charge is 0.489 e. The molecule has 1 aliphatic heterocycles. The highest BCUT2D eigenvalue weighted by Crippen LogP contribution is 2.39. The minimum absolute atomic E-state index is 0.127. The van der Waals surface area contributed by atoms with Crippen molar-refractivity contribution < 1.29 is 23.5 Å². The number of nitrogens with zero attached hydrogens (tertiary/aromatic N) is 7. The van der Waals surface area contributed by atoms with Crippen molar-refractivity contribution >= 4 is 30.2 Å². The van der Waals surface area contributed by atoms with Crippen LogP contribution in [0.25, 0.3) is 11.3 Å². The van der Waals surface area contributed by atoms with E-state index in [0.717, 1.165) is 53.6 Å². The van der Waals surface area contributed by atoms with Crippen molar-refractivity contribution in [3.05, 3.63) is 89.5 Å². The summed E-state index contributed by atoms with van der Waals surface area (Å²) >= 11 is 0. The van der Waals surface area contributed by atoms with Crippen LogP contribution in [0.3, 0.4) is 0 Å². The summed E-state index contributed by atoms with van der Waals surface area (Å²) in [5, 5.41) is 20.0. The highest BCUT2D eigenvalue weighted by Gasteiger charge is 2.31. The zero-order valence-corrected chi connectivity index (χ0v) is 32.6. The molecule has 5 aromatic rings. The molecule has 292 valence electrons. The second-order valence-corrected chi connectivity index (χ2v) is 15.4. The molecule has 2 aromatic carbocycles. The number of urea groups is 1. The molecule has 1 saturated heterocycles. The van der Waals surface area contributed by atoms with Crippen LogP contribution >= 0.6 is 0 Å². The standard InChI is InChI=1S/C40H50FN9O3.CH2O/c1-26-11-9-10-20-48(26)39-45-44-36-19-15-28(25-49(36)39)53-33-18-17-32(29-12-7-8-13-30(29)33)42-38(51)43-37-24-35(40(2,3)4)46-50(37)27-14-16-31(41)34(23-27)52-22-21-47(5)6;1-2/h7-8,12-16,19,23-26,32-33H,9-11,17-18,20-22H2,1-6H3,(H2,42,43,51);1H2/t26-,32-,33+;/m0./s1.